The van der Waals surface area contributed by atoms with E-state index in [4.69, 9.17) is 11.6 Å². The van der Waals surface area contributed by atoms with Gasteiger partial charge in [0.2, 0.25) is 0 Å². The zero-order chi connectivity index (χ0) is 12.2. The molecular formula is C12H15BrClNO. The Labute approximate surface area is 110 Å². The molecule has 0 bridgehead atoms. The van der Waals surface area contributed by atoms with Gasteiger partial charge in [0, 0.05) is 10.9 Å². The molecule has 0 aliphatic rings. The topological polar surface area (TPSA) is 29.1 Å². The maximum absolute atomic E-state index is 12.0. The lowest BCUT2D eigenvalue weighted by atomic mass is 10.0. The van der Waals surface area contributed by atoms with Crippen molar-refractivity contribution in [3.63, 3.8) is 0 Å². The van der Waals surface area contributed by atoms with Crippen LogP contribution in [0.4, 0.5) is 0 Å². The van der Waals surface area contributed by atoms with Crippen LogP contribution in [0.1, 0.15) is 30.6 Å². The monoisotopic (exact) mass is 303 g/mol. The number of hydrogen-bond acceptors (Lipinski definition) is 1. The van der Waals surface area contributed by atoms with Crippen LogP contribution in [0.15, 0.2) is 24.3 Å². The van der Waals surface area contributed by atoms with Gasteiger partial charge in [0.15, 0.2) is 0 Å². The van der Waals surface area contributed by atoms with Crippen molar-refractivity contribution in [3.05, 3.63) is 34.9 Å². The first-order valence-electron chi connectivity index (χ1n) is 5.15. The molecule has 1 N–H and O–H groups in total. The van der Waals surface area contributed by atoms with Crippen molar-refractivity contribution >= 4 is 33.4 Å². The fraction of sp³-hybridized carbons (Fsp3) is 0.417. The molecule has 16 heavy (non-hydrogen) atoms. The van der Waals surface area contributed by atoms with E-state index in [1.54, 1.807) is 18.2 Å². The highest BCUT2D eigenvalue weighted by Crippen LogP contribution is 2.18. The average Bonchev–Trinajstić information content (AvgIpc) is 2.29. The number of carbonyl (C=O) groups is 1. The molecule has 1 amide bonds. The molecule has 0 radical (unpaired) electrons. The van der Waals surface area contributed by atoms with E-state index in [-0.39, 0.29) is 11.4 Å². The van der Waals surface area contributed by atoms with E-state index in [1.165, 1.54) is 0 Å². The van der Waals surface area contributed by atoms with Crippen LogP contribution < -0.4 is 5.32 Å². The minimum atomic E-state index is -0.240. The number of carbonyl (C=O) groups excluding carboxylic acids is 1. The third-order valence-corrected chi connectivity index (χ3v) is 4.18. The van der Waals surface area contributed by atoms with Gasteiger partial charge >= 0.3 is 0 Å². The standard InChI is InChI=1S/C12H15BrClNO/c1-3-12(2,8-13)15-11(16)9-6-4-5-7-10(9)14/h4-7H,3,8H2,1-2H3,(H,15,16). The lowest BCUT2D eigenvalue weighted by Crippen LogP contribution is -2.47. The second-order valence-electron chi connectivity index (χ2n) is 3.98. The maximum Gasteiger partial charge on any atom is 0.253 e. The normalized spacial score (nSPS) is 14.2. The van der Waals surface area contributed by atoms with Gasteiger partial charge in [-0.25, -0.2) is 0 Å². The summed E-state index contributed by atoms with van der Waals surface area (Å²) in [5, 5.41) is 4.17. The molecule has 0 aliphatic carbocycles. The molecule has 0 heterocycles. The van der Waals surface area contributed by atoms with Crippen molar-refractivity contribution in [3.8, 4) is 0 Å². The number of alkyl halides is 1. The molecule has 0 spiro atoms. The van der Waals surface area contributed by atoms with Crippen LogP contribution >= 0.6 is 27.5 Å². The van der Waals surface area contributed by atoms with E-state index < -0.39 is 0 Å². The van der Waals surface area contributed by atoms with Gasteiger partial charge in [-0.2, -0.15) is 0 Å². The zero-order valence-corrected chi connectivity index (χ0v) is 11.7. The molecule has 0 aromatic heterocycles. The van der Waals surface area contributed by atoms with Crippen LogP contribution in [0.2, 0.25) is 5.02 Å². The molecule has 1 atom stereocenters. The quantitative estimate of drug-likeness (QED) is 0.846. The number of halogens is 2. The van der Waals surface area contributed by atoms with Crippen molar-refractivity contribution in [1.29, 1.82) is 0 Å². The van der Waals surface area contributed by atoms with Crippen LogP contribution in [0.3, 0.4) is 0 Å². The summed E-state index contributed by atoms with van der Waals surface area (Å²) < 4.78 is 0. The number of rotatable bonds is 4. The Kier molecular flexibility index (Phi) is 4.81. The Balaban J connectivity index is 2.84. The largest absolute Gasteiger partial charge is 0.346 e. The van der Waals surface area contributed by atoms with Crippen molar-refractivity contribution < 1.29 is 4.79 Å². The Hall–Kier alpha value is -0.540. The second-order valence-corrected chi connectivity index (χ2v) is 4.95. The Morgan fingerprint density at radius 2 is 2.12 bits per heavy atom. The van der Waals surface area contributed by atoms with E-state index in [2.05, 4.69) is 21.2 Å². The second kappa shape index (κ2) is 5.69. The fourth-order valence-corrected chi connectivity index (χ4v) is 1.96. The minimum absolute atomic E-state index is 0.130. The van der Waals surface area contributed by atoms with E-state index in [1.807, 2.05) is 19.9 Å². The minimum Gasteiger partial charge on any atom is -0.346 e. The molecular weight excluding hydrogens is 289 g/mol. The van der Waals surface area contributed by atoms with E-state index in [9.17, 15) is 4.79 Å². The van der Waals surface area contributed by atoms with Gasteiger partial charge in [0.1, 0.15) is 0 Å². The Morgan fingerprint density at radius 3 is 2.62 bits per heavy atom. The van der Waals surface area contributed by atoms with Crippen LogP contribution in [0.25, 0.3) is 0 Å². The van der Waals surface area contributed by atoms with Crippen molar-refractivity contribution in [2.75, 3.05) is 5.33 Å². The molecule has 88 valence electrons. The van der Waals surface area contributed by atoms with Gasteiger partial charge in [-0.3, -0.25) is 4.79 Å². The molecule has 0 saturated carbocycles. The SMILES string of the molecule is CCC(C)(CBr)NC(=O)c1ccccc1Cl. The van der Waals surface area contributed by atoms with Crippen LogP contribution in [-0.4, -0.2) is 16.8 Å². The van der Waals surface area contributed by atoms with E-state index in [0.717, 1.165) is 6.42 Å². The summed E-state index contributed by atoms with van der Waals surface area (Å²) in [5.41, 5.74) is 0.278. The van der Waals surface area contributed by atoms with Crippen LogP contribution in [0, 0.1) is 0 Å². The first-order valence-corrected chi connectivity index (χ1v) is 6.65. The van der Waals surface area contributed by atoms with E-state index >= 15 is 0 Å². The van der Waals surface area contributed by atoms with Crippen LogP contribution in [-0.2, 0) is 0 Å². The first kappa shape index (κ1) is 13.5. The first-order chi connectivity index (χ1) is 7.52. The third-order valence-electron chi connectivity index (χ3n) is 2.61. The third kappa shape index (κ3) is 3.22. The fourth-order valence-electron chi connectivity index (χ4n) is 1.20. The van der Waals surface area contributed by atoms with Gasteiger partial charge < -0.3 is 5.32 Å². The zero-order valence-electron chi connectivity index (χ0n) is 9.39. The molecule has 0 fully saturated rings. The molecule has 1 rings (SSSR count). The number of amides is 1. The van der Waals surface area contributed by atoms with Crippen LogP contribution in [0.5, 0.6) is 0 Å². The highest BCUT2D eigenvalue weighted by molar-refractivity contribution is 9.09. The molecule has 1 aromatic carbocycles. The summed E-state index contributed by atoms with van der Waals surface area (Å²) in [5.74, 6) is -0.130. The maximum atomic E-state index is 12.0. The highest BCUT2D eigenvalue weighted by atomic mass is 79.9. The average molecular weight is 305 g/mol. The van der Waals surface area contributed by atoms with Crippen molar-refractivity contribution in [2.24, 2.45) is 0 Å². The summed E-state index contributed by atoms with van der Waals surface area (Å²) in [6.07, 6.45) is 0.856. The van der Waals surface area contributed by atoms with Gasteiger partial charge in [-0.15, -0.1) is 0 Å². The van der Waals surface area contributed by atoms with Gasteiger partial charge in [-0.05, 0) is 25.5 Å². The molecule has 4 heteroatoms. The summed E-state index contributed by atoms with van der Waals surface area (Å²) >= 11 is 9.37. The number of hydrogen-bond donors (Lipinski definition) is 1. The summed E-state index contributed by atoms with van der Waals surface area (Å²) in [6, 6.07) is 7.05. The molecule has 1 aromatic rings. The van der Waals surface area contributed by atoms with Crippen molar-refractivity contribution in [1.82, 2.24) is 5.32 Å². The smallest absolute Gasteiger partial charge is 0.253 e. The predicted octanol–water partition coefficient (Wildman–Crippen LogP) is 3.63. The summed E-state index contributed by atoms with van der Waals surface area (Å²) in [4.78, 5) is 12.0. The van der Waals surface area contributed by atoms with Gasteiger partial charge in [0.25, 0.3) is 5.91 Å². The molecule has 0 saturated heterocycles. The van der Waals surface area contributed by atoms with E-state index in [0.29, 0.717) is 15.9 Å². The summed E-state index contributed by atoms with van der Waals surface area (Å²) in [6.45, 7) is 4.03. The Morgan fingerprint density at radius 1 is 1.50 bits per heavy atom. The number of benzene rings is 1. The lowest BCUT2D eigenvalue weighted by Gasteiger charge is -2.27. The Bertz CT molecular complexity index is 377. The van der Waals surface area contributed by atoms with Crippen molar-refractivity contribution in [2.45, 2.75) is 25.8 Å². The number of nitrogens with one attached hydrogen (secondary N) is 1. The molecule has 1 unspecified atom stereocenters. The highest BCUT2D eigenvalue weighted by Gasteiger charge is 2.24. The summed E-state index contributed by atoms with van der Waals surface area (Å²) in [7, 11) is 0. The van der Waals surface area contributed by atoms with Gasteiger partial charge in [0.05, 0.1) is 10.6 Å². The predicted molar refractivity (Wildman–Crippen MR) is 71.4 cm³/mol. The molecule has 0 aliphatic heterocycles. The van der Waals surface area contributed by atoms with Gasteiger partial charge in [-0.1, -0.05) is 46.6 Å². The molecule has 2 nitrogen and oxygen atoms in total. The lowest BCUT2D eigenvalue weighted by molar-refractivity contribution is 0.0913.